The first-order valence-electron chi connectivity index (χ1n) is 8.50. The van der Waals surface area contributed by atoms with Crippen LogP contribution in [-0.4, -0.2) is 53.5 Å². The van der Waals surface area contributed by atoms with Crippen molar-refractivity contribution in [2.45, 2.75) is 45.2 Å². The molecular formula is C17H28N4. The van der Waals surface area contributed by atoms with Crippen molar-refractivity contribution in [1.29, 1.82) is 0 Å². The first-order chi connectivity index (χ1) is 10.3. The van der Waals surface area contributed by atoms with Gasteiger partial charge in [-0.05, 0) is 51.4 Å². The second-order valence-corrected chi connectivity index (χ2v) is 6.34. The van der Waals surface area contributed by atoms with Gasteiger partial charge in [0.15, 0.2) is 0 Å². The molecule has 3 heterocycles. The number of aromatic nitrogens is 1. The van der Waals surface area contributed by atoms with E-state index in [1.807, 2.05) is 12.3 Å². The average Bonchev–Trinajstić information content (AvgIpc) is 2.97. The largest absolute Gasteiger partial charge is 0.385 e. The van der Waals surface area contributed by atoms with Crippen LogP contribution in [0.4, 0.5) is 5.69 Å². The van der Waals surface area contributed by atoms with Crippen molar-refractivity contribution in [3.8, 4) is 0 Å². The molecule has 1 aromatic rings. The van der Waals surface area contributed by atoms with Gasteiger partial charge in [-0.3, -0.25) is 14.8 Å². The third-order valence-corrected chi connectivity index (χ3v) is 4.74. The molecule has 2 fully saturated rings. The smallest absolute Gasteiger partial charge is 0.0564 e. The lowest BCUT2D eigenvalue weighted by molar-refractivity contribution is 0.161. The molecular weight excluding hydrogens is 260 g/mol. The van der Waals surface area contributed by atoms with Crippen molar-refractivity contribution >= 4 is 5.69 Å². The average molecular weight is 288 g/mol. The number of anilines is 1. The standard InChI is InChI=1S/C17H28N4/c1-2-18-15-6-8-19-16(12-15)13-20-11-7-17(14-20)21-9-4-3-5-10-21/h6,8,12,17H,2-5,7,9-11,13-14H2,1H3,(H,18,19). The number of piperidine rings is 1. The van der Waals surface area contributed by atoms with Crippen molar-refractivity contribution in [3.05, 3.63) is 24.0 Å². The van der Waals surface area contributed by atoms with Gasteiger partial charge in [0.1, 0.15) is 0 Å². The summed E-state index contributed by atoms with van der Waals surface area (Å²) in [6, 6.07) is 5.02. The molecule has 0 bridgehead atoms. The van der Waals surface area contributed by atoms with Crippen molar-refractivity contribution < 1.29 is 0 Å². The third-order valence-electron chi connectivity index (χ3n) is 4.74. The highest BCUT2D eigenvalue weighted by Gasteiger charge is 2.28. The van der Waals surface area contributed by atoms with E-state index >= 15 is 0 Å². The molecule has 1 atom stereocenters. The number of hydrogen-bond donors (Lipinski definition) is 1. The van der Waals surface area contributed by atoms with E-state index in [-0.39, 0.29) is 0 Å². The molecule has 2 aliphatic rings. The lowest BCUT2D eigenvalue weighted by atomic mass is 10.1. The molecule has 0 amide bonds. The highest BCUT2D eigenvalue weighted by atomic mass is 15.3. The Kier molecular flexibility index (Phi) is 5.09. The van der Waals surface area contributed by atoms with Gasteiger partial charge in [0.2, 0.25) is 0 Å². The summed E-state index contributed by atoms with van der Waals surface area (Å²) in [5.41, 5.74) is 2.38. The summed E-state index contributed by atoms with van der Waals surface area (Å²) in [4.78, 5) is 9.81. The molecule has 3 rings (SSSR count). The zero-order valence-electron chi connectivity index (χ0n) is 13.2. The van der Waals surface area contributed by atoms with Crippen LogP contribution in [0.3, 0.4) is 0 Å². The Balaban J connectivity index is 1.53. The van der Waals surface area contributed by atoms with Crippen molar-refractivity contribution in [2.24, 2.45) is 0 Å². The van der Waals surface area contributed by atoms with Crippen LogP contribution < -0.4 is 5.32 Å². The summed E-state index contributed by atoms with van der Waals surface area (Å²) in [7, 11) is 0. The molecule has 116 valence electrons. The molecule has 21 heavy (non-hydrogen) atoms. The fourth-order valence-electron chi connectivity index (χ4n) is 3.65. The second kappa shape index (κ2) is 7.23. The number of pyridine rings is 1. The van der Waals surface area contributed by atoms with Crippen LogP contribution >= 0.6 is 0 Å². The van der Waals surface area contributed by atoms with Crippen LogP contribution in [0.2, 0.25) is 0 Å². The molecule has 1 aromatic heterocycles. The highest BCUT2D eigenvalue weighted by molar-refractivity contribution is 5.42. The Labute approximate surface area is 128 Å². The van der Waals surface area contributed by atoms with Gasteiger partial charge >= 0.3 is 0 Å². The van der Waals surface area contributed by atoms with Gasteiger partial charge in [-0.1, -0.05) is 6.42 Å². The van der Waals surface area contributed by atoms with Crippen LogP contribution in [-0.2, 0) is 6.54 Å². The molecule has 0 spiro atoms. The van der Waals surface area contributed by atoms with Gasteiger partial charge in [-0.2, -0.15) is 0 Å². The first kappa shape index (κ1) is 14.8. The van der Waals surface area contributed by atoms with E-state index in [0.717, 1.165) is 19.1 Å². The number of nitrogens with zero attached hydrogens (tertiary/aromatic N) is 3. The molecule has 2 saturated heterocycles. The predicted octanol–water partition coefficient (Wildman–Crippen LogP) is 2.57. The molecule has 1 N–H and O–H groups in total. The van der Waals surface area contributed by atoms with Gasteiger partial charge in [0.25, 0.3) is 0 Å². The minimum Gasteiger partial charge on any atom is -0.385 e. The number of rotatable bonds is 5. The first-order valence-corrected chi connectivity index (χ1v) is 8.50. The maximum Gasteiger partial charge on any atom is 0.0564 e. The summed E-state index contributed by atoms with van der Waals surface area (Å²) < 4.78 is 0. The Morgan fingerprint density at radius 2 is 2.10 bits per heavy atom. The van der Waals surface area contributed by atoms with Crippen LogP contribution in [0.5, 0.6) is 0 Å². The van der Waals surface area contributed by atoms with Crippen molar-refractivity contribution in [2.75, 3.05) is 38.0 Å². The highest BCUT2D eigenvalue weighted by Crippen LogP contribution is 2.21. The van der Waals surface area contributed by atoms with Crippen molar-refractivity contribution in [1.82, 2.24) is 14.8 Å². The van der Waals surface area contributed by atoms with Crippen LogP contribution in [0.15, 0.2) is 18.3 Å². The fourth-order valence-corrected chi connectivity index (χ4v) is 3.65. The molecule has 2 aliphatic heterocycles. The van der Waals surface area contributed by atoms with E-state index < -0.39 is 0 Å². The number of hydrogen-bond acceptors (Lipinski definition) is 4. The maximum atomic E-state index is 4.53. The zero-order chi connectivity index (χ0) is 14.5. The summed E-state index contributed by atoms with van der Waals surface area (Å²) in [6.07, 6.45) is 7.46. The van der Waals surface area contributed by atoms with Gasteiger partial charge in [0.05, 0.1) is 5.69 Å². The molecule has 0 saturated carbocycles. The Bertz CT molecular complexity index is 442. The lowest BCUT2D eigenvalue weighted by Gasteiger charge is -2.32. The molecule has 4 heteroatoms. The minimum atomic E-state index is 0.780. The summed E-state index contributed by atoms with van der Waals surface area (Å²) in [6.45, 7) is 9.14. The van der Waals surface area contributed by atoms with Gasteiger partial charge in [-0.25, -0.2) is 0 Å². The lowest BCUT2D eigenvalue weighted by Crippen LogP contribution is -2.40. The van der Waals surface area contributed by atoms with E-state index in [0.29, 0.717) is 0 Å². The van der Waals surface area contributed by atoms with Gasteiger partial charge in [0, 0.05) is 44.1 Å². The quantitative estimate of drug-likeness (QED) is 0.902. The molecule has 4 nitrogen and oxygen atoms in total. The topological polar surface area (TPSA) is 31.4 Å². The van der Waals surface area contributed by atoms with E-state index in [1.54, 1.807) is 0 Å². The minimum absolute atomic E-state index is 0.780. The van der Waals surface area contributed by atoms with Crippen LogP contribution in [0, 0.1) is 0 Å². The van der Waals surface area contributed by atoms with Crippen molar-refractivity contribution in [3.63, 3.8) is 0 Å². The number of nitrogens with one attached hydrogen (secondary N) is 1. The molecule has 0 aromatic carbocycles. The SMILES string of the molecule is CCNc1ccnc(CN2CCC(N3CCCCC3)C2)c1. The third kappa shape index (κ3) is 3.95. The number of likely N-dealkylation sites (tertiary alicyclic amines) is 2. The Hall–Kier alpha value is -1.13. The summed E-state index contributed by atoms with van der Waals surface area (Å²) >= 11 is 0. The van der Waals surface area contributed by atoms with Crippen LogP contribution in [0.1, 0.15) is 38.3 Å². The van der Waals surface area contributed by atoms with Gasteiger partial charge < -0.3 is 5.32 Å². The predicted molar refractivity (Wildman–Crippen MR) is 87.5 cm³/mol. The van der Waals surface area contributed by atoms with E-state index in [1.165, 1.54) is 63.2 Å². The Morgan fingerprint density at radius 1 is 1.24 bits per heavy atom. The normalized spacial score (nSPS) is 24.3. The zero-order valence-corrected chi connectivity index (χ0v) is 13.2. The van der Waals surface area contributed by atoms with E-state index in [2.05, 4.69) is 33.1 Å². The fraction of sp³-hybridized carbons (Fsp3) is 0.706. The molecule has 0 aliphatic carbocycles. The Morgan fingerprint density at radius 3 is 2.90 bits per heavy atom. The maximum absolute atomic E-state index is 4.53. The van der Waals surface area contributed by atoms with Gasteiger partial charge in [-0.15, -0.1) is 0 Å². The molecule has 1 unspecified atom stereocenters. The van der Waals surface area contributed by atoms with E-state index in [4.69, 9.17) is 0 Å². The summed E-state index contributed by atoms with van der Waals surface area (Å²) in [5, 5.41) is 3.37. The van der Waals surface area contributed by atoms with E-state index in [9.17, 15) is 0 Å². The summed E-state index contributed by atoms with van der Waals surface area (Å²) in [5.74, 6) is 0. The van der Waals surface area contributed by atoms with Crippen LogP contribution in [0.25, 0.3) is 0 Å². The molecule has 0 radical (unpaired) electrons. The monoisotopic (exact) mass is 288 g/mol. The second-order valence-electron chi connectivity index (χ2n) is 6.34.